The first-order valence-electron chi connectivity index (χ1n) is 7.43. The van der Waals surface area contributed by atoms with Gasteiger partial charge >= 0.3 is 0 Å². The molecule has 0 unspecified atom stereocenters. The predicted molar refractivity (Wildman–Crippen MR) is 83.2 cm³/mol. The number of tetrazole rings is 1. The summed E-state index contributed by atoms with van der Waals surface area (Å²) in [6.45, 7) is 9.84. The Kier molecular flexibility index (Phi) is 6.19. The number of hydrogen-bond acceptors (Lipinski definition) is 6. The summed E-state index contributed by atoms with van der Waals surface area (Å²) in [6.07, 6.45) is 0.963. The maximum atomic E-state index is 4.57. The second-order valence-electron chi connectivity index (χ2n) is 4.62. The van der Waals surface area contributed by atoms with Gasteiger partial charge in [0, 0.05) is 24.5 Å². The highest BCUT2D eigenvalue weighted by Crippen LogP contribution is 2.20. The fourth-order valence-corrected chi connectivity index (χ4v) is 2.90. The van der Waals surface area contributed by atoms with Crippen molar-refractivity contribution in [2.75, 3.05) is 13.1 Å². The molecule has 7 nitrogen and oxygen atoms in total. The van der Waals surface area contributed by atoms with Crippen molar-refractivity contribution in [3.8, 4) is 0 Å². The average Bonchev–Trinajstić information content (AvgIpc) is 3.11. The first kappa shape index (κ1) is 16.0. The zero-order chi connectivity index (χ0) is 15.1. The van der Waals surface area contributed by atoms with Crippen LogP contribution in [0.15, 0.2) is 11.2 Å². The zero-order valence-corrected chi connectivity index (χ0v) is 13.7. The highest BCUT2D eigenvalue weighted by atomic mass is 32.2. The van der Waals surface area contributed by atoms with Crippen LogP contribution in [0.4, 0.5) is 0 Å². The molecule has 8 heteroatoms. The molecule has 0 aliphatic rings. The minimum Gasteiger partial charge on any atom is -0.315 e. The summed E-state index contributed by atoms with van der Waals surface area (Å²) in [6, 6.07) is 2.17. The van der Waals surface area contributed by atoms with Crippen molar-refractivity contribution in [1.29, 1.82) is 0 Å². The van der Waals surface area contributed by atoms with Gasteiger partial charge in [0.2, 0.25) is 5.16 Å². The van der Waals surface area contributed by atoms with E-state index >= 15 is 0 Å². The highest BCUT2D eigenvalue weighted by Gasteiger charge is 2.10. The zero-order valence-electron chi connectivity index (χ0n) is 12.9. The number of rotatable bonds is 9. The van der Waals surface area contributed by atoms with Crippen LogP contribution in [-0.4, -0.2) is 43.1 Å². The molecule has 2 aromatic heterocycles. The molecule has 0 aromatic carbocycles. The van der Waals surface area contributed by atoms with Crippen molar-refractivity contribution in [1.82, 2.24) is 35.3 Å². The van der Waals surface area contributed by atoms with Crippen LogP contribution < -0.4 is 5.32 Å². The van der Waals surface area contributed by atoms with Gasteiger partial charge in [-0.1, -0.05) is 25.6 Å². The molecule has 2 rings (SSSR count). The largest absolute Gasteiger partial charge is 0.315 e. The molecule has 0 amide bonds. The van der Waals surface area contributed by atoms with Crippen LogP contribution in [0.3, 0.4) is 0 Å². The van der Waals surface area contributed by atoms with Gasteiger partial charge in [0.15, 0.2) is 0 Å². The Morgan fingerprint density at radius 1 is 1.24 bits per heavy atom. The van der Waals surface area contributed by atoms with Gasteiger partial charge in [-0.3, -0.25) is 4.68 Å². The molecule has 0 fully saturated rings. The Bertz CT molecular complexity index is 548. The van der Waals surface area contributed by atoms with Gasteiger partial charge in [0.05, 0.1) is 12.2 Å². The lowest BCUT2D eigenvalue weighted by atomic mass is 10.3. The van der Waals surface area contributed by atoms with Crippen molar-refractivity contribution >= 4 is 11.8 Å². The normalized spacial score (nSPS) is 11.2. The average molecular weight is 309 g/mol. The number of thioether (sulfide) groups is 1. The van der Waals surface area contributed by atoms with Crippen LogP contribution in [0.25, 0.3) is 0 Å². The van der Waals surface area contributed by atoms with E-state index in [4.69, 9.17) is 0 Å². The Morgan fingerprint density at radius 2 is 2.10 bits per heavy atom. The molecule has 0 spiro atoms. The second-order valence-corrected chi connectivity index (χ2v) is 5.57. The van der Waals surface area contributed by atoms with Gasteiger partial charge in [0.25, 0.3) is 0 Å². The molecule has 0 saturated carbocycles. The van der Waals surface area contributed by atoms with Crippen LogP contribution in [0.5, 0.6) is 0 Å². The van der Waals surface area contributed by atoms with E-state index in [0.717, 1.165) is 49.2 Å². The third-order valence-corrected chi connectivity index (χ3v) is 4.16. The number of aromatic nitrogens is 6. The van der Waals surface area contributed by atoms with E-state index < -0.39 is 0 Å². The summed E-state index contributed by atoms with van der Waals surface area (Å²) in [4.78, 5) is 0. The lowest BCUT2D eigenvalue weighted by Gasteiger charge is -2.05. The van der Waals surface area contributed by atoms with Gasteiger partial charge in [-0.25, -0.2) is 4.68 Å². The van der Waals surface area contributed by atoms with E-state index in [1.165, 1.54) is 5.69 Å². The number of aryl methyl sites for hydroxylation is 2. The van der Waals surface area contributed by atoms with Crippen LogP contribution >= 0.6 is 11.8 Å². The minimum absolute atomic E-state index is 0.788. The SMILES string of the molecule is CCNCCn1nnnc1SCc1cc(CC)nn1CC. The topological polar surface area (TPSA) is 73.5 Å². The monoisotopic (exact) mass is 309 g/mol. The van der Waals surface area contributed by atoms with Crippen LogP contribution in [0, 0.1) is 0 Å². The molecule has 21 heavy (non-hydrogen) atoms. The Morgan fingerprint density at radius 3 is 2.81 bits per heavy atom. The summed E-state index contributed by atoms with van der Waals surface area (Å²) in [5, 5.41) is 20.6. The molecule has 0 saturated heterocycles. The molecule has 0 bridgehead atoms. The second kappa shape index (κ2) is 8.14. The fraction of sp³-hybridized carbons (Fsp3) is 0.692. The molecule has 0 aliphatic carbocycles. The van der Waals surface area contributed by atoms with Crippen molar-refractivity contribution in [3.63, 3.8) is 0 Å². The van der Waals surface area contributed by atoms with Crippen molar-refractivity contribution in [3.05, 3.63) is 17.5 Å². The number of hydrogen-bond donors (Lipinski definition) is 1. The van der Waals surface area contributed by atoms with Crippen LogP contribution in [0.1, 0.15) is 32.2 Å². The molecule has 2 aromatic rings. The van der Waals surface area contributed by atoms with Gasteiger partial charge in [-0.15, -0.1) is 5.10 Å². The number of nitrogens with zero attached hydrogens (tertiary/aromatic N) is 6. The van der Waals surface area contributed by atoms with E-state index in [-0.39, 0.29) is 0 Å². The van der Waals surface area contributed by atoms with E-state index in [1.54, 1.807) is 11.8 Å². The maximum absolute atomic E-state index is 4.57. The van der Waals surface area contributed by atoms with Gasteiger partial charge < -0.3 is 5.32 Å². The van der Waals surface area contributed by atoms with Gasteiger partial charge in [0.1, 0.15) is 0 Å². The smallest absolute Gasteiger partial charge is 0.209 e. The molecule has 0 aliphatic heterocycles. The highest BCUT2D eigenvalue weighted by molar-refractivity contribution is 7.98. The molecular weight excluding hydrogens is 286 g/mol. The van der Waals surface area contributed by atoms with Crippen molar-refractivity contribution in [2.45, 2.75) is 51.2 Å². The lowest BCUT2D eigenvalue weighted by Crippen LogP contribution is -2.20. The summed E-state index contributed by atoms with van der Waals surface area (Å²) in [5.41, 5.74) is 2.36. The standard InChI is InChI=1S/C13H23N7S/c1-4-11-9-12(19(6-3)16-11)10-21-13-15-17-18-20(13)8-7-14-5-2/h9,14H,4-8,10H2,1-3H3. The first-order valence-corrected chi connectivity index (χ1v) is 8.42. The van der Waals surface area contributed by atoms with E-state index in [2.05, 4.69) is 57.5 Å². The Balaban J connectivity index is 1.96. The molecule has 1 N–H and O–H groups in total. The third-order valence-electron chi connectivity index (χ3n) is 3.17. The van der Waals surface area contributed by atoms with Crippen LogP contribution in [-0.2, 0) is 25.3 Å². The summed E-state index contributed by atoms with van der Waals surface area (Å²) >= 11 is 1.66. The van der Waals surface area contributed by atoms with Gasteiger partial charge in [-0.2, -0.15) is 5.10 Å². The lowest BCUT2D eigenvalue weighted by molar-refractivity contribution is 0.517. The fourth-order valence-electron chi connectivity index (χ4n) is 2.02. The number of likely N-dealkylation sites (N-methyl/N-ethyl adjacent to an activating group) is 1. The predicted octanol–water partition coefficient (Wildman–Crippen LogP) is 1.35. The summed E-state index contributed by atoms with van der Waals surface area (Å²) in [5.74, 6) is 0.836. The maximum Gasteiger partial charge on any atom is 0.209 e. The summed E-state index contributed by atoms with van der Waals surface area (Å²) < 4.78 is 3.90. The van der Waals surface area contributed by atoms with Gasteiger partial charge in [-0.05, 0) is 36.4 Å². The molecular formula is C13H23N7S. The number of nitrogens with one attached hydrogen (secondary N) is 1. The molecule has 0 radical (unpaired) electrons. The van der Waals surface area contributed by atoms with E-state index in [9.17, 15) is 0 Å². The third kappa shape index (κ3) is 4.28. The Hall–Kier alpha value is -1.41. The molecule has 0 atom stereocenters. The van der Waals surface area contributed by atoms with E-state index in [1.807, 2.05) is 4.68 Å². The molecule has 116 valence electrons. The van der Waals surface area contributed by atoms with E-state index in [0.29, 0.717) is 0 Å². The van der Waals surface area contributed by atoms with Crippen molar-refractivity contribution in [2.24, 2.45) is 0 Å². The summed E-state index contributed by atoms with van der Waals surface area (Å²) in [7, 11) is 0. The van der Waals surface area contributed by atoms with Crippen molar-refractivity contribution < 1.29 is 0 Å². The van der Waals surface area contributed by atoms with Crippen LogP contribution in [0.2, 0.25) is 0 Å². The minimum atomic E-state index is 0.788. The first-order chi connectivity index (χ1) is 10.3. The quantitative estimate of drug-likeness (QED) is 0.557. The molecule has 2 heterocycles. The Labute approximate surface area is 129 Å².